The molecule has 4 N–H and O–H groups in total. The highest BCUT2D eigenvalue weighted by Crippen LogP contribution is 2.19. The molecule has 0 aromatic heterocycles. The number of nitrogens with two attached hydrogens (primary N) is 2. The Bertz CT molecular complexity index is 280. The van der Waals surface area contributed by atoms with Gasteiger partial charge in [0, 0.05) is 5.57 Å². The number of amides is 1. The van der Waals surface area contributed by atoms with Crippen molar-refractivity contribution in [1.82, 2.24) is 0 Å². The van der Waals surface area contributed by atoms with E-state index in [1.165, 1.54) is 0 Å². The molecule has 0 saturated carbocycles. The molecule has 0 heterocycles. The fourth-order valence-electron chi connectivity index (χ4n) is 1.59. The summed E-state index contributed by atoms with van der Waals surface area (Å²) in [6, 6.07) is 0. The van der Waals surface area contributed by atoms with E-state index >= 15 is 0 Å². The summed E-state index contributed by atoms with van der Waals surface area (Å²) in [5.41, 5.74) is 12.6. The Labute approximate surface area is 97.9 Å². The zero-order chi connectivity index (χ0) is 12.4. The molecule has 0 aliphatic rings. The quantitative estimate of drug-likeness (QED) is 0.463. The first kappa shape index (κ1) is 14.6. The van der Waals surface area contributed by atoms with Crippen LogP contribution in [0.4, 0.5) is 0 Å². The summed E-state index contributed by atoms with van der Waals surface area (Å²) in [6.07, 6.45) is 7.40. The Morgan fingerprint density at radius 2 is 1.88 bits per heavy atom. The summed E-state index contributed by atoms with van der Waals surface area (Å²) in [6.45, 7) is 7.96. The van der Waals surface area contributed by atoms with Gasteiger partial charge < -0.3 is 11.5 Å². The molecule has 0 rings (SSSR count). The second-order valence-corrected chi connectivity index (χ2v) is 3.66. The van der Waals surface area contributed by atoms with Crippen molar-refractivity contribution in [3.8, 4) is 0 Å². The van der Waals surface area contributed by atoms with Gasteiger partial charge in [-0.15, -0.1) is 13.2 Å². The van der Waals surface area contributed by atoms with Gasteiger partial charge in [-0.25, -0.2) is 0 Å². The predicted octanol–water partition coefficient (Wildman–Crippen LogP) is 2.05. The van der Waals surface area contributed by atoms with Crippen LogP contribution < -0.4 is 11.5 Å². The van der Waals surface area contributed by atoms with Crippen molar-refractivity contribution in [3.05, 3.63) is 36.5 Å². The maximum atomic E-state index is 11.3. The zero-order valence-corrected chi connectivity index (χ0v) is 9.87. The van der Waals surface area contributed by atoms with Crippen molar-refractivity contribution >= 4 is 5.91 Å². The monoisotopic (exact) mass is 222 g/mol. The van der Waals surface area contributed by atoms with Gasteiger partial charge in [0.25, 0.3) is 0 Å². The summed E-state index contributed by atoms with van der Waals surface area (Å²) < 4.78 is 0. The van der Waals surface area contributed by atoms with Gasteiger partial charge in [-0.3, -0.25) is 4.79 Å². The topological polar surface area (TPSA) is 69.1 Å². The van der Waals surface area contributed by atoms with Crippen LogP contribution >= 0.6 is 0 Å². The molecular weight excluding hydrogens is 200 g/mol. The first-order chi connectivity index (χ1) is 7.67. The van der Waals surface area contributed by atoms with Gasteiger partial charge >= 0.3 is 0 Å². The molecule has 1 amide bonds. The summed E-state index contributed by atoms with van der Waals surface area (Å²) in [4.78, 5) is 11.3. The molecule has 0 unspecified atom stereocenters. The number of carbonyl (C=O) groups excluding carboxylic acids is 1. The van der Waals surface area contributed by atoms with Crippen LogP contribution in [0.2, 0.25) is 0 Å². The van der Waals surface area contributed by atoms with Crippen LogP contribution in [0.1, 0.15) is 32.1 Å². The number of hydrogen-bond donors (Lipinski definition) is 2. The largest absolute Gasteiger partial charge is 0.366 e. The number of allylic oxidation sites excluding steroid dienone is 3. The van der Waals surface area contributed by atoms with Crippen LogP contribution in [-0.4, -0.2) is 12.5 Å². The highest BCUT2D eigenvalue weighted by atomic mass is 16.1. The van der Waals surface area contributed by atoms with Crippen molar-refractivity contribution in [2.75, 3.05) is 6.54 Å². The van der Waals surface area contributed by atoms with E-state index in [0.29, 0.717) is 25.0 Å². The SMILES string of the molecule is C=CCCC(C(N)=O)=C(CC=C)CCCN. The van der Waals surface area contributed by atoms with E-state index in [1.54, 1.807) is 12.2 Å². The van der Waals surface area contributed by atoms with Gasteiger partial charge in [-0.1, -0.05) is 17.7 Å². The molecular formula is C13H22N2O. The third-order valence-corrected chi connectivity index (χ3v) is 2.40. The molecule has 0 aromatic rings. The molecule has 90 valence electrons. The average Bonchev–Trinajstić information content (AvgIpc) is 2.25. The van der Waals surface area contributed by atoms with Crippen LogP contribution in [0.15, 0.2) is 36.5 Å². The fourth-order valence-corrected chi connectivity index (χ4v) is 1.59. The molecule has 0 bridgehead atoms. The maximum absolute atomic E-state index is 11.3. The standard InChI is InChI=1S/C13H22N2O/c1-3-5-9-12(13(15)16)11(7-4-2)8-6-10-14/h3-4H,1-2,5-10,14H2,(H2,15,16). The first-order valence-electron chi connectivity index (χ1n) is 5.59. The van der Waals surface area contributed by atoms with E-state index in [0.717, 1.165) is 24.8 Å². The molecule has 0 saturated heterocycles. The normalized spacial score (nSPS) is 11.8. The Balaban J connectivity index is 4.83. The highest BCUT2D eigenvalue weighted by molar-refractivity contribution is 5.92. The van der Waals surface area contributed by atoms with Crippen LogP contribution in [0.3, 0.4) is 0 Å². The van der Waals surface area contributed by atoms with Crippen molar-refractivity contribution in [3.63, 3.8) is 0 Å². The molecule has 0 aliphatic heterocycles. The third kappa shape index (κ3) is 5.51. The Hall–Kier alpha value is -1.35. The lowest BCUT2D eigenvalue weighted by Crippen LogP contribution is -2.16. The molecule has 0 spiro atoms. The maximum Gasteiger partial charge on any atom is 0.244 e. The van der Waals surface area contributed by atoms with Crippen LogP contribution in [0.25, 0.3) is 0 Å². The third-order valence-electron chi connectivity index (χ3n) is 2.40. The van der Waals surface area contributed by atoms with Crippen LogP contribution in [0.5, 0.6) is 0 Å². The molecule has 3 nitrogen and oxygen atoms in total. The van der Waals surface area contributed by atoms with Gasteiger partial charge in [0.1, 0.15) is 0 Å². The molecule has 0 fully saturated rings. The van der Waals surface area contributed by atoms with E-state index in [4.69, 9.17) is 11.5 Å². The number of rotatable bonds is 9. The van der Waals surface area contributed by atoms with E-state index in [-0.39, 0.29) is 5.91 Å². The Morgan fingerprint density at radius 3 is 2.31 bits per heavy atom. The highest BCUT2D eigenvalue weighted by Gasteiger charge is 2.10. The molecule has 0 aliphatic carbocycles. The van der Waals surface area contributed by atoms with Crippen molar-refractivity contribution in [2.45, 2.75) is 32.1 Å². The fraction of sp³-hybridized carbons (Fsp3) is 0.462. The van der Waals surface area contributed by atoms with Crippen molar-refractivity contribution in [1.29, 1.82) is 0 Å². The van der Waals surface area contributed by atoms with Crippen LogP contribution in [-0.2, 0) is 4.79 Å². The van der Waals surface area contributed by atoms with E-state index < -0.39 is 0 Å². The summed E-state index contributed by atoms with van der Waals surface area (Å²) in [5, 5.41) is 0. The second-order valence-electron chi connectivity index (χ2n) is 3.66. The molecule has 0 atom stereocenters. The molecule has 0 aromatic carbocycles. The number of hydrogen-bond acceptors (Lipinski definition) is 2. The minimum absolute atomic E-state index is 0.337. The summed E-state index contributed by atoms with van der Waals surface area (Å²) in [5.74, 6) is -0.337. The Morgan fingerprint density at radius 1 is 1.19 bits per heavy atom. The van der Waals surface area contributed by atoms with Crippen molar-refractivity contribution < 1.29 is 4.79 Å². The van der Waals surface area contributed by atoms with E-state index in [1.807, 2.05) is 0 Å². The molecule has 0 radical (unpaired) electrons. The van der Waals surface area contributed by atoms with Gasteiger partial charge in [0.05, 0.1) is 0 Å². The van der Waals surface area contributed by atoms with Crippen LogP contribution in [0, 0.1) is 0 Å². The van der Waals surface area contributed by atoms with Gasteiger partial charge in [-0.2, -0.15) is 0 Å². The molecule has 16 heavy (non-hydrogen) atoms. The van der Waals surface area contributed by atoms with E-state index in [9.17, 15) is 4.79 Å². The second kappa shape index (κ2) is 8.92. The minimum Gasteiger partial charge on any atom is -0.366 e. The smallest absolute Gasteiger partial charge is 0.244 e. The van der Waals surface area contributed by atoms with Crippen molar-refractivity contribution in [2.24, 2.45) is 11.5 Å². The number of primary amides is 1. The summed E-state index contributed by atoms with van der Waals surface area (Å²) in [7, 11) is 0. The minimum atomic E-state index is -0.337. The lowest BCUT2D eigenvalue weighted by atomic mass is 9.96. The predicted molar refractivity (Wildman–Crippen MR) is 68.8 cm³/mol. The lowest BCUT2D eigenvalue weighted by molar-refractivity contribution is -0.114. The van der Waals surface area contributed by atoms with Gasteiger partial charge in [0.2, 0.25) is 5.91 Å². The summed E-state index contributed by atoms with van der Waals surface area (Å²) >= 11 is 0. The Kier molecular flexibility index (Phi) is 8.17. The van der Waals surface area contributed by atoms with Gasteiger partial charge in [-0.05, 0) is 38.6 Å². The molecule has 3 heteroatoms. The first-order valence-corrected chi connectivity index (χ1v) is 5.59. The lowest BCUT2D eigenvalue weighted by Gasteiger charge is -2.10. The van der Waals surface area contributed by atoms with E-state index in [2.05, 4.69) is 13.2 Å². The number of carbonyl (C=O) groups is 1. The zero-order valence-electron chi connectivity index (χ0n) is 9.87. The van der Waals surface area contributed by atoms with Gasteiger partial charge in [0.15, 0.2) is 0 Å². The average molecular weight is 222 g/mol.